The van der Waals surface area contributed by atoms with Gasteiger partial charge in [0, 0.05) is 21.7 Å². The SMILES string of the molecule is CCOC(=O)N=[SH](=O)c1ccc(Nc2ncc(-c3cccs3)c(OCCC(=O)OC(C)(C)C)n2)cc1. The molecule has 1 unspecified atom stereocenters. The van der Waals surface area contributed by atoms with Gasteiger partial charge in [0.05, 0.1) is 29.2 Å². The summed E-state index contributed by atoms with van der Waals surface area (Å²) in [6.07, 6.45) is 0.858. The minimum Gasteiger partial charge on any atom is -0.476 e. The largest absolute Gasteiger partial charge is 0.476 e. The molecule has 0 radical (unpaired) electrons. The lowest BCUT2D eigenvalue weighted by Crippen LogP contribution is -2.24. The number of hydrogen-bond donors (Lipinski definition) is 2. The van der Waals surface area contributed by atoms with Crippen molar-refractivity contribution < 1.29 is 28.0 Å². The van der Waals surface area contributed by atoms with E-state index in [1.165, 1.54) is 11.3 Å². The molecule has 0 bridgehead atoms. The van der Waals surface area contributed by atoms with Gasteiger partial charge in [0.25, 0.3) is 0 Å². The predicted octanol–water partition coefficient (Wildman–Crippen LogP) is 5.24. The molecule has 36 heavy (non-hydrogen) atoms. The van der Waals surface area contributed by atoms with E-state index in [1.54, 1.807) is 37.4 Å². The first kappa shape index (κ1) is 27.1. The first-order chi connectivity index (χ1) is 17.1. The molecule has 192 valence electrons. The summed E-state index contributed by atoms with van der Waals surface area (Å²) >= 11 is 1.52. The van der Waals surface area contributed by atoms with Gasteiger partial charge in [0.2, 0.25) is 11.8 Å². The number of nitrogens with one attached hydrogen (secondary N) is 1. The third-order valence-electron chi connectivity index (χ3n) is 4.29. The van der Waals surface area contributed by atoms with E-state index < -0.39 is 22.3 Å². The molecular formula is C24H28N4O6S2. The van der Waals surface area contributed by atoms with Crippen molar-refractivity contribution >= 4 is 45.6 Å². The van der Waals surface area contributed by atoms with Crippen molar-refractivity contribution in [3.05, 3.63) is 48.0 Å². The molecule has 1 atom stereocenters. The standard InChI is InChI=1S/C24H28N4O6S2/c1-5-32-23(30)28-36(31)17-10-8-16(9-11-17)26-22-25-15-18(19-7-6-14-35-19)21(27-22)33-13-12-20(29)34-24(2,3)4/h6-11,14-15,36H,5,12-13H2,1-4H3,(H,25,26,27). The number of amides is 1. The van der Waals surface area contributed by atoms with Gasteiger partial charge < -0.3 is 19.5 Å². The molecule has 0 saturated carbocycles. The summed E-state index contributed by atoms with van der Waals surface area (Å²) in [7, 11) is -2.27. The number of anilines is 2. The Morgan fingerprint density at radius 1 is 1.17 bits per heavy atom. The van der Waals surface area contributed by atoms with Crippen LogP contribution in [0.3, 0.4) is 0 Å². The molecule has 0 saturated heterocycles. The monoisotopic (exact) mass is 532 g/mol. The van der Waals surface area contributed by atoms with E-state index in [0.717, 1.165) is 4.88 Å². The minimum atomic E-state index is -2.27. The summed E-state index contributed by atoms with van der Waals surface area (Å²) in [6.45, 7) is 7.32. The van der Waals surface area contributed by atoms with E-state index in [9.17, 15) is 13.8 Å². The fourth-order valence-corrected chi connectivity index (χ4v) is 4.30. The maximum absolute atomic E-state index is 12.2. The second kappa shape index (κ2) is 12.5. The molecule has 12 heteroatoms. The number of thiol groups is 1. The Morgan fingerprint density at radius 2 is 1.92 bits per heavy atom. The highest BCUT2D eigenvalue weighted by Crippen LogP contribution is 2.32. The second-order valence-electron chi connectivity index (χ2n) is 8.32. The van der Waals surface area contributed by atoms with Gasteiger partial charge in [-0.3, -0.25) is 4.79 Å². The molecule has 0 aliphatic heterocycles. The number of ether oxygens (including phenoxy) is 3. The fraction of sp³-hybridized carbons (Fsp3) is 0.333. The number of rotatable bonds is 9. The molecule has 1 aromatic carbocycles. The van der Waals surface area contributed by atoms with Gasteiger partial charge in [0.1, 0.15) is 12.2 Å². The molecule has 0 fully saturated rings. The molecule has 1 N–H and O–H groups in total. The zero-order valence-electron chi connectivity index (χ0n) is 20.4. The quantitative estimate of drug-likeness (QED) is 0.281. The van der Waals surface area contributed by atoms with Gasteiger partial charge in [0.15, 0.2) is 0 Å². The maximum Gasteiger partial charge on any atom is 0.441 e. The van der Waals surface area contributed by atoms with Crippen molar-refractivity contribution in [2.24, 2.45) is 4.36 Å². The number of benzene rings is 1. The number of carbonyl (C=O) groups excluding carboxylic acids is 2. The maximum atomic E-state index is 12.2. The molecule has 0 aliphatic carbocycles. The molecule has 3 rings (SSSR count). The van der Waals surface area contributed by atoms with Gasteiger partial charge in [-0.15, -0.1) is 15.7 Å². The van der Waals surface area contributed by atoms with Crippen LogP contribution in [0, 0.1) is 0 Å². The van der Waals surface area contributed by atoms with Crippen LogP contribution in [0.2, 0.25) is 0 Å². The van der Waals surface area contributed by atoms with Crippen LogP contribution in [0.4, 0.5) is 16.4 Å². The van der Waals surface area contributed by atoms with Crippen molar-refractivity contribution in [1.29, 1.82) is 0 Å². The smallest absolute Gasteiger partial charge is 0.441 e. The highest BCUT2D eigenvalue weighted by molar-refractivity contribution is 7.75. The highest BCUT2D eigenvalue weighted by Gasteiger charge is 2.17. The molecular weight excluding hydrogens is 504 g/mol. The summed E-state index contributed by atoms with van der Waals surface area (Å²) in [5.41, 5.74) is 0.760. The third kappa shape index (κ3) is 8.31. The Hall–Kier alpha value is -3.51. The third-order valence-corrected chi connectivity index (χ3v) is 6.28. The lowest BCUT2D eigenvalue weighted by atomic mass is 10.2. The van der Waals surface area contributed by atoms with Crippen LogP contribution in [0.1, 0.15) is 34.1 Å². The highest BCUT2D eigenvalue weighted by atomic mass is 32.2. The Morgan fingerprint density at radius 3 is 2.56 bits per heavy atom. The van der Waals surface area contributed by atoms with Gasteiger partial charge in [-0.05, 0) is 63.4 Å². The Labute approximate surface area is 215 Å². The van der Waals surface area contributed by atoms with Crippen molar-refractivity contribution in [3.8, 4) is 16.3 Å². The predicted molar refractivity (Wildman–Crippen MR) is 138 cm³/mol. The number of hydrogen-bond acceptors (Lipinski definition) is 10. The molecule has 0 aliphatic rings. The van der Waals surface area contributed by atoms with E-state index in [-0.39, 0.29) is 31.6 Å². The zero-order chi connectivity index (χ0) is 26.1. The lowest BCUT2D eigenvalue weighted by molar-refractivity contribution is -0.155. The van der Waals surface area contributed by atoms with Gasteiger partial charge in [-0.2, -0.15) is 4.98 Å². The van der Waals surface area contributed by atoms with Crippen LogP contribution >= 0.6 is 11.3 Å². The molecule has 0 spiro atoms. The minimum absolute atomic E-state index is 0.0738. The molecule has 2 heterocycles. The second-order valence-corrected chi connectivity index (χ2v) is 10.5. The van der Waals surface area contributed by atoms with Crippen molar-refractivity contribution in [1.82, 2.24) is 9.97 Å². The Balaban J connectivity index is 1.73. The Kier molecular flexibility index (Phi) is 9.37. The average Bonchev–Trinajstić information content (AvgIpc) is 3.33. The van der Waals surface area contributed by atoms with Crippen LogP contribution in [0.15, 0.2) is 57.2 Å². The summed E-state index contributed by atoms with van der Waals surface area (Å²) in [4.78, 5) is 33.6. The van der Waals surface area contributed by atoms with Crippen LogP contribution in [0.5, 0.6) is 5.88 Å². The lowest BCUT2D eigenvalue weighted by Gasteiger charge is -2.19. The number of carbonyl (C=O) groups is 2. The van der Waals surface area contributed by atoms with Gasteiger partial charge in [-0.25, -0.2) is 14.0 Å². The van der Waals surface area contributed by atoms with Gasteiger partial charge >= 0.3 is 12.1 Å². The summed E-state index contributed by atoms with van der Waals surface area (Å²) in [5, 5.41) is 5.00. The molecule has 10 nitrogen and oxygen atoms in total. The summed E-state index contributed by atoms with van der Waals surface area (Å²) in [6, 6.07) is 10.4. The van der Waals surface area contributed by atoms with Crippen LogP contribution in [-0.4, -0.2) is 45.1 Å². The molecule has 3 aromatic rings. The summed E-state index contributed by atoms with van der Waals surface area (Å²) < 4.78 is 31.6. The van der Waals surface area contributed by atoms with Crippen molar-refractivity contribution in [2.75, 3.05) is 18.5 Å². The fourth-order valence-electron chi connectivity index (χ4n) is 2.85. The molecule has 1 amide bonds. The number of aromatic nitrogens is 2. The van der Waals surface area contributed by atoms with E-state index in [2.05, 4.69) is 19.6 Å². The first-order valence-electron chi connectivity index (χ1n) is 11.1. The zero-order valence-corrected chi connectivity index (χ0v) is 22.1. The average molecular weight is 533 g/mol. The van der Waals surface area contributed by atoms with Crippen molar-refractivity contribution in [3.63, 3.8) is 0 Å². The van der Waals surface area contributed by atoms with Crippen LogP contribution in [-0.2, 0) is 24.9 Å². The van der Waals surface area contributed by atoms with E-state index in [0.29, 0.717) is 22.0 Å². The van der Waals surface area contributed by atoms with E-state index in [4.69, 9.17) is 14.2 Å². The van der Waals surface area contributed by atoms with E-state index >= 15 is 0 Å². The van der Waals surface area contributed by atoms with Crippen LogP contribution in [0.25, 0.3) is 10.4 Å². The summed E-state index contributed by atoms with van der Waals surface area (Å²) in [5.74, 6) is 0.239. The molecule has 2 aromatic heterocycles. The number of nitrogens with zero attached hydrogens (tertiary/aromatic N) is 3. The Bertz CT molecular complexity index is 1260. The topological polar surface area (TPSA) is 129 Å². The number of thiophene rings is 1. The number of esters is 1. The van der Waals surface area contributed by atoms with Crippen LogP contribution < -0.4 is 10.1 Å². The van der Waals surface area contributed by atoms with Crippen molar-refractivity contribution in [2.45, 2.75) is 44.6 Å². The van der Waals surface area contributed by atoms with E-state index in [1.807, 2.05) is 38.3 Å². The first-order valence-corrected chi connectivity index (χ1v) is 13.2. The normalized spacial score (nSPS) is 12.1. The van der Waals surface area contributed by atoms with Gasteiger partial charge in [-0.1, -0.05) is 6.07 Å².